The highest BCUT2D eigenvalue weighted by Crippen LogP contribution is 2.25. The first-order chi connectivity index (χ1) is 7.17. The van der Waals surface area contributed by atoms with E-state index in [1.165, 1.54) is 15.8 Å². The molecule has 4 heteroatoms. The Balaban J connectivity index is 2.50. The second kappa shape index (κ2) is 6.63. The second-order valence-electron chi connectivity index (χ2n) is 4.01. The smallest absolute Gasteiger partial charge is 0.0314 e. The third-order valence-corrected chi connectivity index (χ3v) is 4.69. The Bertz CT molecular complexity index is 288. The Hall–Kier alpha value is 0.1000. The SMILES string of the molecule is CCC(C)CC(Cc1sccc1Br)NN. The molecule has 0 aromatic carbocycles. The van der Waals surface area contributed by atoms with E-state index in [2.05, 4.69) is 46.6 Å². The van der Waals surface area contributed by atoms with Gasteiger partial charge >= 0.3 is 0 Å². The van der Waals surface area contributed by atoms with E-state index in [0.717, 1.165) is 18.8 Å². The van der Waals surface area contributed by atoms with E-state index in [4.69, 9.17) is 5.84 Å². The molecule has 0 aliphatic carbocycles. The van der Waals surface area contributed by atoms with Gasteiger partial charge in [-0.1, -0.05) is 20.3 Å². The molecule has 0 saturated heterocycles. The zero-order valence-electron chi connectivity index (χ0n) is 9.29. The minimum atomic E-state index is 0.384. The minimum Gasteiger partial charge on any atom is -0.271 e. The largest absolute Gasteiger partial charge is 0.271 e. The summed E-state index contributed by atoms with van der Waals surface area (Å²) in [6, 6.07) is 2.48. The molecule has 0 spiro atoms. The molecule has 0 saturated carbocycles. The first-order valence-electron chi connectivity index (χ1n) is 5.35. The molecule has 0 amide bonds. The van der Waals surface area contributed by atoms with Crippen molar-refractivity contribution in [3.8, 4) is 0 Å². The van der Waals surface area contributed by atoms with Crippen LogP contribution in [0.2, 0.25) is 0 Å². The van der Waals surface area contributed by atoms with Crippen LogP contribution in [0.25, 0.3) is 0 Å². The van der Waals surface area contributed by atoms with Crippen molar-refractivity contribution in [2.24, 2.45) is 11.8 Å². The highest BCUT2D eigenvalue weighted by Gasteiger charge is 2.13. The molecule has 1 aromatic heterocycles. The van der Waals surface area contributed by atoms with Crippen molar-refractivity contribution >= 4 is 27.3 Å². The highest BCUT2D eigenvalue weighted by atomic mass is 79.9. The van der Waals surface area contributed by atoms with E-state index in [9.17, 15) is 0 Å². The van der Waals surface area contributed by atoms with Crippen LogP contribution in [0.3, 0.4) is 0 Å². The van der Waals surface area contributed by atoms with Gasteiger partial charge in [0.25, 0.3) is 0 Å². The molecule has 1 rings (SSSR count). The van der Waals surface area contributed by atoms with Crippen molar-refractivity contribution in [2.75, 3.05) is 0 Å². The van der Waals surface area contributed by atoms with E-state index in [1.54, 1.807) is 11.3 Å². The molecule has 2 atom stereocenters. The lowest BCUT2D eigenvalue weighted by Crippen LogP contribution is -2.37. The summed E-state index contributed by atoms with van der Waals surface area (Å²) >= 11 is 5.33. The maximum atomic E-state index is 5.58. The van der Waals surface area contributed by atoms with Crippen LogP contribution in [0.15, 0.2) is 15.9 Å². The van der Waals surface area contributed by atoms with Gasteiger partial charge < -0.3 is 0 Å². The van der Waals surface area contributed by atoms with Gasteiger partial charge in [-0.25, -0.2) is 0 Å². The first kappa shape index (κ1) is 13.2. The lowest BCUT2D eigenvalue weighted by molar-refractivity contribution is 0.397. The van der Waals surface area contributed by atoms with Gasteiger partial charge in [-0.05, 0) is 46.1 Å². The zero-order valence-corrected chi connectivity index (χ0v) is 11.7. The van der Waals surface area contributed by atoms with Crippen LogP contribution < -0.4 is 11.3 Å². The van der Waals surface area contributed by atoms with Crippen molar-refractivity contribution in [1.29, 1.82) is 0 Å². The van der Waals surface area contributed by atoms with Gasteiger partial charge in [-0.15, -0.1) is 11.3 Å². The summed E-state index contributed by atoms with van der Waals surface area (Å²) in [4.78, 5) is 1.38. The minimum absolute atomic E-state index is 0.384. The molecule has 15 heavy (non-hydrogen) atoms. The number of nitrogens with one attached hydrogen (secondary N) is 1. The molecule has 0 aliphatic rings. The van der Waals surface area contributed by atoms with E-state index in [0.29, 0.717) is 6.04 Å². The van der Waals surface area contributed by atoms with E-state index >= 15 is 0 Å². The van der Waals surface area contributed by atoms with Crippen LogP contribution in [0.1, 0.15) is 31.6 Å². The van der Waals surface area contributed by atoms with Crippen molar-refractivity contribution in [1.82, 2.24) is 5.43 Å². The Labute approximate surface area is 104 Å². The molecular weight excluding hydrogens is 272 g/mol. The van der Waals surface area contributed by atoms with Crippen molar-refractivity contribution in [3.63, 3.8) is 0 Å². The lowest BCUT2D eigenvalue weighted by Gasteiger charge is -2.18. The average Bonchev–Trinajstić information content (AvgIpc) is 2.63. The summed E-state index contributed by atoms with van der Waals surface area (Å²) in [5.41, 5.74) is 2.92. The zero-order chi connectivity index (χ0) is 11.3. The number of hydrazine groups is 1. The summed E-state index contributed by atoms with van der Waals surface area (Å²) in [5.74, 6) is 6.31. The molecule has 1 heterocycles. The molecular formula is C11H19BrN2S. The number of rotatable bonds is 6. The molecule has 0 aliphatic heterocycles. The lowest BCUT2D eigenvalue weighted by atomic mass is 9.97. The maximum Gasteiger partial charge on any atom is 0.0314 e. The fourth-order valence-electron chi connectivity index (χ4n) is 1.56. The normalized spacial score (nSPS) is 15.2. The summed E-state index contributed by atoms with van der Waals surface area (Å²) < 4.78 is 1.21. The van der Waals surface area contributed by atoms with Gasteiger partial charge in [-0.2, -0.15) is 0 Å². The Morgan fingerprint density at radius 2 is 2.33 bits per heavy atom. The molecule has 0 radical (unpaired) electrons. The van der Waals surface area contributed by atoms with Crippen LogP contribution in [0.5, 0.6) is 0 Å². The standard InChI is InChI=1S/C11H19BrN2S/c1-3-8(2)6-9(14-13)7-11-10(12)4-5-15-11/h4-5,8-9,14H,3,6-7,13H2,1-2H3. The summed E-state index contributed by atoms with van der Waals surface area (Å²) in [5, 5.41) is 2.11. The molecule has 0 bridgehead atoms. The van der Waals surface area contributed by atoms with Crippen LogP contribution in [-0.2, 0) is 6.42 Å². The molecule has 3 N–H and O–H groups in total. The number of halogens is 1. The summed E-state index contributed by atoms with van der Waals surface area (Å²) in [6.45, 7) is 4.49. The van der Waals surface area contributed by atoms with Crippen molar-refractivity contribution in [3.05, 3.63) is 20.8 Å². The average molecular weight is 291 g/mol. The summed E-state index contributed by atoms with van der Waals surface area (Å²) in [7, 11) is 0. The van der Waals surface area contributed by atoms with Gasteiger partial charge in [0.05, 0.1) is 0 Å². The Morgan fingerprint density at radius 1 is 1.60 bits per heavy atom. The predicted octanol–water partition coefficient (Wildman–Crippen LogP) is 3.32. The van der Waals surface area contributed by atoms with E-state index in [1.807, 2.05) is 0 Å². The summed E-state index contributed by atoms with van der Waals surface area (Å²) in [6.07, 6.45) is 3.36. The van der Waals surface area contributed by atoms with Crippen molar-refractivity contribution < 1.29 is 0 Å². The number of hydrogen-bond donors (Lipinski definition) is 2. The third-order valence-electron chi connectivity index (χ3n) is 2.74. The van der Waals surface area contributed by atoms with Crippen LogP contribution >= 0.6 is 27.3 Å². The fourth-order valence-corrected chi connectivity index (χ4v) is 3.15. The molecule has 86 valence electrons. The highest BCUT2D eigenvalue weighted by molar-refractivity contribution is 9.10. The monoisotopic (exact) mass is 290 g/mol. The first-order valence-corrected chi connectivity index (χ1v) is 7.02. The van der Waals surface area contributed by atoms with E-state index < -0.39 is 0 Å². The second-order valence-corrected chi connectivity index (χ2v) is 5.86. The van der Waals surface area contributed by atoms with Crippen LogP contribution in [0, 0.1) is 5.92 Å². The maximum absolute atomic E-state index is 5.58. The van der Waals surface area contributed by atoms with Crippen LogP contribution in [0.4, 0.5) is 0 Å². The fraction of sp³-hybridized carbons (Fsp3) is 0.636. The molecule has 2 unspecified atom stereocenters. The van der Waals surface area contributed by atoms with Gasteiger partial charge in [0.2, 0.25) is 0 Å². The Morgan fingerprint density at radius 3 is 2.80 bits per heavy atom. The van der Waals surface area contributed by atoms with Gasteiger partial charge in [0.1, 0.15) is 0 Å². The number of thiophene rings is 1. The molecule has 1 aromatic rings. The topological polar surface area (TPSA) is 38.0 Å². The van der Waals surface area contributed by atoms with Gasteiger partial charge in [0.15, 0.2) is 0 Å². The molecule has 0 fully saturated rings. The molecule has 2 nitrogen and oxygen atoms in total. The quantitative estimate of drug-likeness (QED) is 0.623. The third kappa shape index (κ3) is 4.23. The number of hydrogen-bond acceptors (Lipinski definition) is 3. The number of nitrogens with two attached hydrogens (primary N) is 1. The van der Waals surface area contributed by atoms with Crippen LogP contribution in [-0.4, -0.2) is 6.04 Å². The van der Waals surface area contributed by atoms with Gasteiger partial charge in [-0.3, -0.25) is 11.3 Å². The Kier molecular flexibility index (Phi) is 5.82. The van der Waals surface area contributed by atoms with E-state index in [-0.39, 0.29) is 0 Å². The van der Waals surface area contributed by atoms with Gasteiger partial charge in [0, 0.05) is 15.4 Å². The predicted molar refractivity (Wildman–Crippen MR) is 70.9 cm³/mol. The van der Waals surface area contributed by atoms with Crippen molar-refractivity contribution in [2.45, 2.75) is 39.2 Å².